The Bertz CT molecular complexity index is 601. The fraction of sp³-hybridized carbons (Fsp3) is 0.0625. The molecule has 0 saturated carbocycles. The smallest absolute Gasteiger partial charge is 0.307 e. The Morgan fingerprint density at radius 3 is 2.15 bits per heavy atom. The fourth-order valence-electron chi connectivity index (χ4n) is 1.61. The molecule has 2 aromatic carbocycles. The highest BCUT2D eigenvalue weighted by Crippen LogP contribution is 2.22. The molecule has 102 valence electrons. The molecule has 0 fully saturated rings. The number of hydrogen-bond acceptors (Lipinski definition) is 3. The summed E-state index contributed by atoms with van der Waals surface area (Å²) in [6, 6.07) is 14.5. The normalized spacial score (nSPS) is 10.6. The number of aliphatic carboxylic acids is 1. The zero-order valence-corrected chi connectivity index (χ0v) is 10.8. The molecule has 0 spiro atoms. The zero-order chi connectivity index (χ0) is 14.4. The molecule has 0 aliphatic rings. The van der Waals surface area contributed by atoms with Crippen LogP contribution in [0.3, 0.4) is 0 Å². The summed E-state index contributed by atoms with van der Waals surface area (Å²) in [5.41, 5.74) is 7.22. The Morgan fingerprint density at radius 1 is 1.05 bits per heavy atom. The molecule has 0 heterocycles. The van der Waals surface area contributed by atoms with Crippen molar-refractivity contribution in [2.24, 2.45) is 0 Å². The summed E-state index contributed by atoms with van der Waals surface area (Å²) in [5, 5.41) is 8.54. The van der Waals surface area contributed by atoms with Crippen molar-refractivity contribution >= 4 is 17.7 Å². The highest BCUT2D eigenvalue weighted by Gasteiger charge is 1.97. The molecule has 20 heavy (non-hydrogen) atoms. The van der Waals surface area contributed by atoms with Gasteiger partial charge in [0, 0.05) is 5.69 Å². The molecule has 3 N–H and O–H groups in total. The van der Waals surface area contributed by atoms with E-state index < -0.39 is 5.97 Å². The number of benzene rings is 2. The standard InChI is InChI=1S/C16H15NO3/c17-13-6-10-15(11-7-13)20-14-8-4-12(5-9-14)2-1-3-16(18)19/h1-2,4-11H,3,17H2,(H,18,19). The van der Waals surface area contributed by atoms with Crippen molar-refractivity contribution in [1.29, 1.82) is 0 Å². The van der Waals surface area contributed by atoms with Crippen LogP contribution in [0.4, 0.5) is 5.69 Å². The van der Waals surface area contributed by atoms with E-state index in [0.717, 1.165) is 5.56 Å². The van der Waals surface area contributed by atoms with Gasteiger partial charge in [-0.15, -0.1) is 0 Å². The number of carbonyl (C=O) groups is 1. The maximum atomic E-state index is 10.4. The van der Waals surface area contributed by atoms with Crippen molar-refractivity contribution in [2.45, 2.75) is 6.42 Å². The first-order valence-corrected chi connectivity index (χ1v) is 6.15. The molecule has 0 atom stereocenters. The Balaban J connectivity index is 1.99. The van der Waals surface area contributed by atoms with Crippen LogP contribution in [0.25, 0.3) is 6.08 Å². The second kappa shape index (κ2) is 6.43. The van der Waals surface area contributed by atoms with Crippen molar-refractivity contribution < 1.29 is 14.6 Å². The van der Waals surface area contributed by atoms with Gasteiger partial charge in [0.25, 0.3) is 0 Å². The third-order valence-corrected chi connectivity index (χ3v) is 2.60. The lowest BCUT2D eigenvalue weighted by atomic mass is 10.2. The lowest BCUT2D eigenvalue weighted by Crippen LogP contribution is -1.89. The van der Waals surface area contributed by atoms with Gasteiger partial charge in [-0.1, -0.05) is 24.3 Å². The summed E-state index contributed by atoms with van der Waals surface area (Å²) in [7, 11) is 0. The summed E-state index contributed by atoms with van der Waals surface area (Å²) in [4.78, 5) is 10.4. The van der Waals surface area contributed by atoms with Crippen molar-refractivity contribution in [3.05, 3.63) is 60.2 Å². The Labute approximate surface area is 117 Å². The first kappa shape index (κ1) is 13.7. The van der Waals surface area contributed by atoms with Crippen LogP contribution in [0.1, 0.15) is 12.0 Å². The van der Waals surface area contributed by atoms with Crippen LogP contribution in [0.5, 0.6) is 11.5 Å². The van der Waals surface area contributed by atoms with E-state index in [-0.39, 0.29) is 6.42 Å². The fourth-order valence-corrected chi connectivity index (χ4v) is 1.61. The van der Waals surface area contributed by atoms with Gasteiger partial charge in [-0.05, 0) is 42.0 Å². The lowest BCUT2D eigenvalue weighted by molar-refractivity contribution is -0.135. The molecule has 0 aliphatic heterocycles. The first-order valence-electron chi connectivity index (χ1n) is 6.15. The number of anilines is 1. The first-order chi connectivity index (χ1) is 9.63. The van der Waals surface area contributed by atoms with Crippen LogP contribution in [-0.2, 0) is 4.79 Å². The quantitative estimate of drug-likeness (QED) is 0.814. The number of ether oxygens (including phenoxy) is 1. The molecule has 4 heteroatoms. The maximum Gasteiger partial charge on any atom is 0.307 e. The second-order valence-electron chi connectivity index (χ2n) is 4.24. The van der Waals surface area contributed by atoms with Crippen molar-refractivity contribution in [3.63, 3.8) is 0 Å². The predicted molar refractivity (Wildman–Crippen MR) is 78.7 cm³/mol. The number of nitrogens with two attached hydrogens (primary N) is 1. The second-order valence-corrected chi connectivity index (χ2v) is 4.24. The molecule has 0 bridgehead atoms. The third-order valence-electron chi connectivity index (χ3n) is 2.60. The minimum absolute atomic E-state index is 0.0175. The Morgan fingerprint density at radius 2 is 1.60 bits per heavy atom. The molecule has 0 radical (unpaired) electrons. The molecule has 0 aliphatic carbocycles. The van der Waals surface area contributed by atoms with Gasteiger partial charge >= 0.3 is 5.97 Å². The van der Waals surface area contributed by atoms with Gasteiger partial charge in [0.05, 0.1) is 6.42 Å². The van der Waals surface area contributed by atoms with E-state index in [0.29, 0.717) is 17.2 Å². The van der Waals surface area contributed by atoms with Crippen LogP contribution in [0, 0.1) is 0 Å². The summed E-state index contributed by atoms with van der Waals surface area (Å²) >= 11 is 0. The molecule has 2 rings (SSSR count). The largest absolute Gasteiger partial charge is 0.481 e. The molecule has 4 nitrogen and oxygen atoms in total. The van der Waals surface area contributed by atoms with E-state index in [4.69, 9.17) is 15.6 Å². The van der Waals surface area contributed by atoms with Crippen LogP contribution < -0.4 is 10.5 Å². The number of rotatable bonds is 5. The Kier molecular flexibility index (Phi) is 4.39. The number of carboxylic acid groups (broad SMARTS) is 1. The molecule has 0 saturated heterocycles. The molecular formula is C16H15NO3. The summed E-state index contributed by atoms with van der Waals surface area (Å²) in [6.45, 7) is 0. The van der Waals surface area contributed by atoms with E-state index in [1.54, 1.807) is 36.4 Å². The van der Waals surface area contributed by atoms with Gasteiger partial charge in [0.2, 0.25) is 0 Å². The van der Waals surface area contributed by atoms with E-state index >= 15 is 0 Å². The van der Waals surface area contributed by atoms with Crippen LogP contribution >= 0.6 is 0 Å². The third kappa shape index (κ3) is 4.17. The Hall–Kier alpha value is -2.75. The predicted octanol–water partition coefficient (Wildman–Crippen LogP) is 3.55. The maximum absolute atomic E-state index is 10.4. The average Bonchev–Trinajstić information content (AvgIpc) is 2.43. The summed E-state index contributed by atoms with van der Waals surface area (Å²) in [6.07, 6.45) is 3.39. The van der Waals surface area contributed by atoms with Crippen LogP contribution in [0.15, 0.2) is 54.6 Å². The molecule has 0 amide bonds. The van der Waals surface area contributed by atoms with Crippen molar-refractivity contribution in [3.8, 4) is 11.5 Å². The summed E-state index contributed by atoms with van der Waals surface area (Å²) < 4.78 is 5.66. The number of carboxylic acids is 1. The molecule has 2 aromatic rings. The van der Waals surface area contributed by atoms with Crippen molar-refractivity contribution in [1.82, 2.24) is 0 Å². The van der Waals surface area contributed by atoms with Gasteiger partial charge in [-0.2, -0.15) is 0 Å². The molecular weight excluding hydrogens is 254 g/mol. The van der Waals surface area contributed by atoms with E-state index in [2.05, 4.69) is 0 Å². The minimum Gasteiger partial charge on any atom is -0.481 e. The van der Waals surface area contributed by atoms with E-state index in [1.807, 2.05) is 24.3 Å². The topological polar surface area (TPSA) is 72.5 Å². The van der Waals surface area contributed by atoms with Gasteiger partial charge < -0.3 is 15.6 Å². The average molecular weight is 269 g/mol. The van der Waals surface area contributed by atoms with E-state index in [1.165, 1.54) is 0 Å². The number of nitrogen functional groups attached to an aromatic ring is 1. The van der Waals surface area contributed by atoms with Crippen LogP contribution in [-0.4, -0.2) is 11.1 Å². The SMILES string of the molecule is Nc1ccc(Oc2ccc(C=CCC(=O)O)cc2)cc1. The van der Waals surface area contributed by atoms with Gasteiger partial charge in [0.1, 0.15) is 11.5 Å². The highest BCUT2D eigenvalue weighted by molar-refractivity contribution is 5.70. The zero-order valence-electron chi connectivity index (χ0n) is 10.8. The monoisotopic (exact) mass is 269 g/mol. The highest BCUT2D eigenvalue weighted by atomic mass is 16.5. The van der Waals surface area contributed by atoms with Crippen LogP contribution in [0.2, 0.25) is 0 Å². The van der Waals surface area contributed by atoms with Gasteiger partial charge in [-0.25, -0.2) is 0 Å². The summed E-state index contributed by atoms with van der Waals surface area (Å²) in [5.74, 6) is 0.586. The van der Waals surface area contributed by atoms with Gasteiger partial charge in [0.15, 0.2) is 0 Å². The molecule has 0 unspecified atom stereocenters. The van der Waals surface area contributed by atoms with E-state index in [9.17, 15) is 4.79 Å². The number of hydrogen-bond donors (Lipinski definition) is 2. The molecule has 0 aromatic heterocycles. The van der Waals surface area contributed by atoms with Gasteiger partial charge in [-0.3, -0.25) is 4.79 Å². The van der Waals surface area contributed by atoms with Crippen molar-refractivity contribution in [2.75, 3.05) is 5.73 Å². The minimum atomic E-state index is -0.843. The lowest BCUT2D eigenvalue weighted by Gasteiger charge is -2.06.